The van der Waals surface area contributed by atoms with Gasteiger partial charge in [0, 0.05) is 11.1 Å². The van der Waals surface area contributed by atoms with Crippen molar-refractivity contribution in [3.05, 3.63) is 47.7 Å². The van der Waals surface area contributed by atoms with Gasteiger partial charge in [0.2, 0.25) is 0 Å². The predicted octanol–water partition coefficient (Wildman–Crippen LogP) is 5.01. The molecule has 1 aromatic carbocycles. The van der Waals surface area contributed by atoms with Crippen molar-refractivity contribution in [3.63, 3.8) is 0 Å². The molecule has 0 spiro atoms. The number of benzene rings is 1. The van der Waals surface area contributed by atoms with Crippen molar-refractivity contribution in [3.8, 4) is 16.5 Å². The van der Waals surface area contributed by atoms with Crippen LogP contribution in [0.3, 0.4) is 0 Å². The fraction of sp³-hybridized carbons (Fsp3) is 0.250. The molecule has 9 heteroatoms. The monoisotopic (exact) mass is 415 g/mol. The Morgan fingerprint density at radius 3 is 2.62 bits per heavy atom. The molecule has 0 aliphatic heterocycles. The summed E-state index contributed by atoms with van der Waals surface area (Å²) in [6.07, 6.45) is 0.925. The number of nitrogens with zero attached hydrogens (tertiary/aromatic N) is 1. The number of aromatic nitrogens is 1. The lowest BCUT2D eigenvalue weighted by Gasteiger charge is -2.20. The van der Waals surface area contributed by atoms with E-state index < -0.39 is 11.7 Å². The van der Waals surface area contributed by atoms with Crippen molar-refractivity contribution in [2.75, 3.05) is 17.7 Å². The van der Waals surface area contributed by atoms with Gasteiger partial charge in [-0.2, -0.15) is 0 Å². The van der Waals surface area contributed by atoms with Crippen LogP contribution in [0.25, 0.3) is 10.8 Å². The molecule has 29 heavy (non-hydrogen) atoms. The molecule has 0 unspecified atom stereocenters. The Balaban J connectivity index is 1.74. The summed E-state index contributed by atoms with van der Waals surface area (Å²) in [6, 6.07) is 8.42. The topological polar surface area (TPSA) is 103 Å². The Morgan fingerprint density at radius 2 is 1.97 bits per heavy atom. The molecule has 2 heterocycles. The van der Waals surface area contributed by atoms with E-state index >= 15 is 0 Å². The van der Waals surface area contributed by atoms with Crippen LogP contribution in [0.15, 0.2) is 46.4 Å². The summed E-state index contributed by atoms with van der Waals surface area (Å²) < 4.78 is 15.8. The van der Waals surface area contributed by atoms with Gasteiger partial charge >= 0.3 is 6.09 Å². The first-order valence-electron chi connectivity index (χ1n) is 8.74. The summed E-state index contributed by atoms with van der Waals surface area (Å²) in [5.41, 5.74) is 0.460. The van der Waals surface area contributed by atoms with E-state index in [0.717, 1.165) is 0 Å². The Kier molecular flexibility index (Phi) is 5.88. The highest BCUT2D eigenvalue weighted by atomic mass is 32.1. The quantitative estimate of drug-likeness (QED) is 0.607. The maximum atomic E-state index is 12.5. The highest BCUT2D eigenvalue weighted by molar-refractivity contribution is 7.13. The molecule has 0 atom stereocenters. The third-order valence-corrected chi connectivity index (χ3v) is 4.42. The van der Waals surface area contributed by atoms with E-state index in [9.17, 15) is 9.59 Å². The molecule has 8 nitrogen and oxygen atoms in total. The van der Waals surface area contributed by atoms with Gasteiger partial charge in [0.05, 0.1) is 19.1 Å². The molecule has 152 valence electrons. The zero-order valence-corrected chi connectivity index (χ0v) is 17.3. The van der Waals surface area contributed by atoms with E-state index in [1.54, 1.807) is 62.7 Å². The lowest BCUT2D eigenvalue weighted by molar-refractivity contribution is 0.0635. The third-order valence-electron chi connectivity index (χ3n) is 3.56. The first-order valence-corrected chi connectivity index (χ1v) is 9.62. The smallest absolute Gasteiger partial charge is 0.412 e. The van der Waals surface area contributed by atoms with Crippen molar-refractivity contribution >= 4 is 34.7 Å². The number of carbonyl (C=O) groups excluding carboxylic acids is 2. The van der Waals surface area contributed by atoms with E-state index in [2.05, 4.69) is 15.6 Å². The van der Waals surface area contributed by atoms with Gasteiger partial charge in [0.15, 0.2) is 10.8 Å². The van der Waals surface area contributed by atoms with E-state index in [0.29, 0.717) is 27.9 Å². The molecule has 2 N–H and O–H groups in total. The Hall–Kier alpha value is -3.33. The molecular weight excluding hydrogens is 394 g/mol. The summed E-state index contributed by atoms with van der Waals surface area (Å²) in [4.78, 5) is 28.9. The SMILES string of the molecule is COc1ccc(NC(=O)c2csc(-c3ccco3)n2)cc1NC(=O)OC(C)(C)C. The zero-order valence-electron chi connectivity index (χ0n) is 16.4. The number of hydrogen-bond donors (Lipinski definition) is 2. The molecule has 0 aliphatic carbocycles. The molecule has 3 aromatic rings. The summed E-state index contributed by atoms with van der Waals surface area (Å²) in [7, 11) is 1.49. The normalized spacial score (nSPS) is 11.0. The fourth-order valence-corrected chi connectivity index (χ4v) is 3.15. The second kappa shape index (κ2) is 8.36. The first kappa shape index (κ1) is 20.4. The molecule has 0 aliphatic rings. The molecule has 2 aromatic heterocycles. The van der Waals surface area contributed by atoms with Gasteiger partial charge in [0.1, 0.15) is 17.0 Å². The number of ether oxygens (including phenoxy) is 2. The molecule has 3 rings (SSSR count). The second-order valence-corrected chi connectivity index (χ2v) is 7.87. The van der Waals surface area contributed by atoms with Crippen LogP contribution in [0, 0.1) is 0 Å². The van der Waals surface area contributed by atoms with Crippen molar-refractivity contribution in [1.29, 1.82) is 0 Å². The molecule has 0 bridgehead atoms. The number of furan rings is 1. The fourth-order valence-electron chi connectivity index (χ4n) is 2.38. The number of carbonyl (C=O) groups is 2. The van der Waals surface area contributed by atoms with Crippen molar-refractivity contribution in [2.24, 2.45) is 0 Å². The molecule has 0 radical (unpaired) electrons. The van der Waals surface area contributed by atoms with E-state index in [4.69, 9.17) is 13.9 Å². The van der Waals surface area contributed by atoms with Crippen LogP contribution in [0.1, 0.15) is 31.3 Å². The summed E-state index contributed by atoms with van der Waals surface area (Å²) in [5, 5.41) is 7.65. The third kappa shape index (κ3) is 5.35. The maximum Gasteiger partial charge on any atom is 0.412 e. The number of amides is 2. The van der Waals surface area contributed by atoms with E-state index in [1.165, 1.54) is 18.4 Å². The second-order valence-electron chi connectivity index (χ2n) is 7.01. The van der Waals surface area contributed by atoms with Crippen LogP contribution in [0.5, 0.6) is 5.75 Å². The van der Waals surface area contributed by atoms with Crippen LogP contribution >= 0.6 is 11.3 Å². The number of nitrogens with one attached hydrogen (secondary N) is 2. The van der Waals surface area contributed by atoms with Crippen LogP contribution in [0.2, 0.25) is 0 Å². The van der Waals surface area contributed by atoms with Crippen molar-refractivity contribution in [2.45, 2.75) is 26.4 Å². The van der Waals surface area contributed by atoms with Crippen LogP contribution < -0.4 is 15.4 Å². The van der Waals surface area contributed by atoms with Gasteiger partial charge in [-0.3, -0.25) is 10.1 Å². The maximum absolute atomic E-state index is 12.5. The van der Waals surface area contributed by atoms with E-state index in [-0.39, 0.29) is 11.6 Å². The minimum atomic E-state index is -0.639. The highest BCUT2D eigenvalue weighted by Crippen LogP contribution is 2.29. The average molecular weight is 415 g/mol. The average Bonchev–Trinajstić information content (AvgIpc) is 3.32. The van der Waals surface area contributed by atoms with Crippen molar-refractivity contribution < 1.29 is 23.5 Å². The standard InChI is InChI=1S/C20H21N3O5S/c1-20(2,3)28-19(25)23-13-10-12(7-8-15(13)26-4)21-17(24)14-11-29-18(22-14)16-6-5-9-27-16/h5-11H,1-4H3,(H,21,24)(H,23,25). The van der Waals surface area contributed by atoms with Gasteiger partial charge < -0.3 is 19.2 Å². The summed E-state index contributed by atoms with van der Waals surface area (Å²) in [6.45, 7) is 5.31. The number of hydrogen-bond acceptors (Lipinski definition) is 7. The lowest BCUT2D eigenvalue weighted by Crippen LogP contribution is -2.27. The predicted molar refractivity (Wildman–Crippen MR) is 111 cm³/mol. The molecule has 0 fully saturated rings. The Morgan fingerprint density at radius 1 is 1.17 bits per heavy atom. The zero-order chi connectivity index (χ0) is 21.0. The molecule has 2 amide bonds. The number of methoxy groups -OCH3 is 1. The first-order chi connectivity index (χ1) is 13.7. The largest absolute Gasteiger partial charge is 0.495 e. The lowest BCUT2D eigenvalue weighted by atomic mass is 10.2. The van der Waals surface area contributed by atoms with Gasteiger partial charge in [-0.1, -0.05) is 0 Å². The van der Waals surface area contributed by atoms with E-state index in [1.807, 2.05) is 0 Å². The minimum absolute atomic E-state index is 0.263. The van der Waals surface area contributed by atoms with Gasteiger partial charge in [-0.25, -0.2) is 9.78 Å². The van der Waals surface area contributed by atoms with Gasteiger partial charge in [0.25, 0.3) is 5.91 Å². The molecule has 0 saturated heterocycles. The highest BCUT2D eigenvalue weighted by Gasteiger charge is 2.19. The van der Waals surface area contributed by atoms with Gasteiger partial charge in [-0.05, 0) is 51.1 Å². The number of rotatable bonds is 5. The van der Waals surface area contributed by atoms with Crippen LogP contribution in [-0.2, 0) is 4.74 Å². The Labute approximate surface area is 171 Å². The van der Waals surface area contributed by atoms with Crippen LogP contribution in [-0.4, -0.2) is 29.7 Å². The van der Waals surface area contributed by atoms with Gasteiger partial charge in [-0.15, -0.1) is 11.3 Å². The molecular formula is C20H21N3O5S. The van der Waals surface area contributed by atoms with Crippen molar-refractivity contribution in [1.82, 2.24) is 4.98 Å². The number of anilines is 2. The minimum Gasteiger partial charge on any atom is -0.495 e. The summed E-state index contributed by atoms with van der Waals surface area (Å²) >= 11 is 1.31. The molecule has 0 saturated carbocycles. The Bertz CT molecular complexity index is 1010. The van der Waals surface area contributed by atoms with Crippen LogP contribution in [0.4, 0.5) is 16.2 Å². The number of thiazole rings is 1. The summed E-state index contributed by atoms with van der Waals surface area (Å²) in [5.74, 6) is 0.650.